The van der Waals surface area contributed by atoms with Gasteiger partial charge in [0.15, 0.2) is 0 Å². The molecule has 35 heavy (non-hydrogen) atoms. The third-order valence-electron chi connectivity index (χ3n) is 5.91. The quantitative estimate of drug-likeness (QED) is 0.528. The lowest BCUT2D eigenvalue weighted by atomic mass is 9.99. The van der Waals surface area contributed by atoms with Crippen molar-refractivity contribution in [1.82, 2.24) is 19.8 Å². The summed E-state index contributed by atoms with van der Waals surface area (Å²) < 4.78 is 18.2. The molecule has 1 aliphatic heterocycles. The highest BCUT2D eigenvalue weighted by molar-refractivity contribution is 6.02. The molecule has 0 aliphatic carbocycles. The van der Waals surface area contributed by atoms with Crippen molar-refractivity contribution >= 4 is 17.6 Å². The number of benzene rings is 1. The van der Waals surface area contributed by atoms with Crippen molar-refractivity contribution < 1.29 is 23.8 Å². The second-order valence-electron chi connectivity index (χ2n) is 8.26. The molecule has 3 amide bonds. The van der Waals surface area contributed by atoms with Crippen molar-refractivity contribution in [3.8, 4) is 11.5 Å². The minimum Gasteiger partial charge on any atom is -0.497 e. The minimum absolute atomic E-state index is 0.133. The van der Waals surface area contributed by atoms with E-state index in [-0.39, 0.29) is 25.0 Å². The van der Waals surface area contributed by atoms with Crippen molar-refractivity contribution in [3.05, 3.63) is 47.8 Å². The first kappa shape index (κ1) is 26.1. The van der Waals surface area contributed by atoms with Gasteiger partial charge in [0.05, 0.1) is 38.3 Å². The second-order valence-corrected chi connectivity index (χ2v) is 8.26. The average molecular weight is 486 g/mol. The number of carbonyl (C=O) groups excluding carboxylic acids is 2. The Morgan fingerprint density at radius 3 is 2.63 bits per heavy atom. The lowest BCUT2D eigenvalue weighted by molar-refractivity contribution is -0.133. The van der Waals surface area contributed by atoms with Gasteiger partial charge in [0, 0.05) is 45.4 Å². The summed E-state index contributed by atoms with van der Waals surface area (Å²) in [7, 11) is 6.69. The van der Waals surface area contributed by atoms with Gasteiger partial charge in [-0.05, 0) is 36.8 Å². The van der Waals surface area contributed by atoms with Crippen LogP contribution in [0.5, 0.6) is 11.5 Å². The van der Waals surface area contributed by atoms with Crippen LogP contribution in [0.15, 0.2) is 41.6 Å². The average Bonchev–Trinajstić information content (AvgIpc) is 3.50. The van der Waals surface area contributed by atoms with Gasteiger partial charge in [-0.2, -0.15) is 5.10 Å². The fourth-order valence-corrected chi connectivity index (χ4v) is 4.03. The molecule has 0 radical (unpaired) electrons. The van der Waals surface area contributed by atoms with Crippen LogP contribution in [0.4, 0.5) is 4.79 Å². The van der Waals surface area contributed by atoms with Crippen molar-refractivity contribution in [2.45, 2.75) is 25.8 Å². The van der Waals surface area contributed by atoms with Crippen LogP contribution >= 0.6 is 0 Å². The van der Waals surface area contributed by atoms with Crippen LogP contribution in [-0.4, -0.2) is 79.7 Å². The lowest BCUT2D eigenvalue weighted by Crippen LogP contribution is -2.47. The molecule has 10 nitrogen and oxygen atoms in total. The summed E-state index contributed by atoms with van der Waals surface area (Å²) in [4.78, 5) is 27.8. The first-order valence-corrected chi connectivity index (χ1v) is 11.7. The summed E-state index contributed by atoms with van der Waals surface area (Å²) in [5, 5.41) is 9.03. The molecule has 0 saturated heterocycles. The molecule has 2 aromatic rings. The highest BCUT2D eigenvalue weighted by Crippen LogP contribution is 2.39. The summed E-state index contributed by atoms with van der Waals surface area (Å²) in [6.07, 6.45) is 3.23. The van der Waals surface area contributed by atoms with E-state index >= 15 is 0 Å². The number of urea groups is 1. The fraction of sp³-hybridized carbons (Fsp3) is 0.480. The smallest absolute Gasteiger partial charge is 0.317 e. The number of hydrazone groups is 1. The van der Waals surface area contributed by atoms with Crippen LogP contribution in [0, 0.1) is 0 Å². The van der Waals surface area contributed by atoms with E-state index in [0.29, 0.717) is 31.1 Å². The molecule has 10 heteroatoms. The maximum absolute atomic E-state index is 13.6. The monoisotopic (exact) mass is 485 g/mol. The van der Waals surface area contributed by atoms with E-state index in [2.05, 4.69) is 5.32 Å². The lowest BCUT2D eigenvalue weighted by Gasteiger charge is -2.27. The molecule has 190 valence electrons. The number of hydrogen-bond donors (Lipinski definition) is 1. The van der Waals surface area contributed by atoms with E-state index in [1.54, 1.807) is 21.3 Å². The zero-order valence-electron chi connectivity index (χ0n) is 21.1. The van der Waals surface area contributed by atoms with Gasteiger partial charge in [-0.15, -0.1) is 0 Å². The summed E-state index contributed by atoms with van der Waals surface area (Å²) in [6.45, 7) is 2.97. The molecule has 1 N–H and O–H groups in total. The first-order valence-electron chi connectivity index (χ1n) is 11.7. The predicted molar refractivity (Wildman–Crippen MR) is 133 cm³/mol. The van der Waals surface area contributed by atoms with Crippen LogP contribution < -0.4 is 14.8 Å². The number of aryl methyl sites for hydroxylation is 1. The molecule has 0 bridgehead atoms. The van der Waals surface area contributed by atoms with Crippen LogP contribution in [0.25, 0.3) is 0 Å². The zero-order valence-corrected chi connectivity index (χ0v) is 21.1. The van der Waals surface area contributed by atoms with Gasteiger partial charge >= 0.3 is 6.03 Å². The van der Waals surface area contributed by atoms with Gasteiger partial charge in [-0.3, -0.25) is 4.79 Å². The molecule has 2 heterocycles. The Kier molecular flexibility index (Phi) is 9.13. The standard InChI is InChI=1S/C25H35N5O5/c1-6-11-26-25(32)29(13-14-33-3)17-24(31)30-22(16-20(27-30)21-8-7-12-28(21)2)19-15-18(34-4)9-10-23(19)35-5/h7-10,12,15,22H,6,11,13-14,16-17H2,1-5H3,(H,26,32)/t22-/m1/s1. The van der Waals surface area contributed by atoms with Gasteiger partial charge in [0.25, 0.3) is 5.91 Å². The number of rotatable bonds is 11. The van der Waals surface area contributed by atoms with Gasteiger partial charge in [-0.1, -0.05) is 6.92 Å². The number of carbonyl (C=O) groups is 2. The van der Waals surface area contributed by atoms with Crippen molar-refractivity contribution in [2.75, 3.05) is 47.6 Å². The third kappa shape index (κ3) is 6.13. The number of aromatic nitrogens is 1. The number of nitrogens with one attached hydrogen (secondary N) is 1. The highest BCUT2D eigenvalue weighted by Gasteiger charge is 2.36. The molecular weight excluding hydrogens is 450 g/mol. The maximum atomic E-state index is 13.6. The Hall–Kier alpha value is -3.53. The zero-order chi connectivity index (χ0) is 25.4. The second kappa shape index (κ2) is 12.3. The van der Waals surface area contributed by atoms with Crippen LogP contribution in [0.3, 0.4) is 0 Å². The van der Waals surface area contributed by atoms with Gasteiger partial charge in [-0.25, -0.2) is 9.80 Å². The number of hydrogen-bond acceptors (Lipinski definition) is 6. The fourth-order valence-electron chi connectivity index (χ4n) is 4.03. The van der Waals surface area contributed by atoms with Crippen LogP contribution in [0.1, 0.15) is 37.1 Å². The van der Waals surface area contributed by atoms with E-state index in [4.69, 9.17) is 19.3 Å². The van der Waals surface area contributed by atoms with Crippen LogP contribution in [-0.2, 0) is 16.6 Å². The highest BCUT2D eigenvalue weighted by atomic mass is 16.5. The molecule has 3 rings (SSSR count). The number of amides is 3. The summed E-state index contributed by atoms with van der Waals surface area (Å²) in [5.41, 5.74) is 2.48. The van der Waals surface area contributed by atoms with Crippen molar-refractivity contribution in [1.29, 1.82) is 0 Å². The molecule has 0 saturated carbocycles. The Morgan fingerprint density at radius 1 is 1.20 bits per heavy atom. The Morgan fingerprint density at radius 2 is 2.00 bits per heavy atom. The van der Waals surface area contributed by atoms with Crippen LogP contribution in [0.2, 0.25) is 0 Å². The topological polar surface area (TPSA) is 97.6 Å². The molecular formula is C25H35N5O5. The van der Waals surface area contributed by atoms with Gasteiger partial charge in [0.2, 0.25) is 0 Å². The molecule has 1 aliphatic rings. The number of methoxy groups -OCH3 is 3. The maximum Gasteiger partial charge on any atom is 0.317 e. The summed E-state index contributed by atoms with van der Waals surface area (Å²) in [5.74, 6) is 0.988. The van der Waals surface area contributed by atoms with E-state index in [1.165, 1.54) is 9.91 Å². The molecule has 0 unspecified atom stereocenters. The minimum atomic E-state index is -0.416. The molecule has 1 aromatic heterocycles. The normalized spacial score (nSPS) is 15.1. The van der Waals surface area contributed by atoms with E-state index in [9.17, 15) is 9.59 Å². The third-order valence-corrected chi connectivity index (χ3v) is 5.91. The Bertz CT molecular complexity index is 1050. The Balaban J connectivity index is 1.95. The first-order chi connectivity index (χ1) is 16.9. The SMILES string of the molecule is CCCNC(=O)N(CCOC)CC(=O)N1N=C(c2cccn2C)C[C@@H]1c1cc(OC)ccc1OC. The number of nitrogens with zero attached hydrogens (tertiary/aromatic N) is 4. The van der Waals surface area contributed by atoms with Gasteiger partial charge in [0.1, 0.15) is 18.0 Å². The molecule has 1 atom stereocenters. The summed E-state index contributed by atoms with van der Waals surface area (Å²) in [6, 6.07) is 8.68. The largest absolute Gasteiger partial charge is 0.497 e. The number of ether oxygens (including phenoxy) is 3. The van der Waals surface area contributed by atoms with Gasteiger partial charge < -0.3 is 29.0 Å². The van der Waals surface area contributed by atoms with Crippen molar-refractivity contribution in [2.24, 2.45) is 12.1 Å². The van der Waals surface area contributed by atoms with E-state index in [1.807, 2.05) is 55.1 Å². The van der Waals surface area contributed by atoms with E-state index in [0.717, 1.165) is 23.4 Å². The molecule has 0 fully saturated rings. The Labute approximate surface area is 206 Å². The molecule has 1 aromatic carbocycles. The molecule has 0 spiro atoms. The predicted octanol–water partition coefficient (Wildman–Crippen LogP) is 2.79. The summed E-state index contributed by atoms with van der Waals surface area (Å²) >= 11 is 0. The van der Waals surface area contributed by atoms with E-state index < -0.39 is 6.04 Å². The van der Waals surface area contributed by atoms with Crippen molar-refractivity contribution in [3.63, 3.8) is 0 Å².